The van der Waals surface area contributed by atoms with Crippen molar-refractivity contribution in [2.75, 3.05) is 11.9 Å². The van der Waals surface area contributed by atoms with Crippen molar-refractivity contribution in [3.05, 3.63) is 36.7 Å². The highest BCUT2D eigenvalue weighted by atomic mass is 16.5. The Bertz CT molecular complexity index is 664. The van der Waals surface area contributed by atoms with Gasteiger partial charge in [0.25, 0.3) is 0 Å². The fourth-order valence-corrected chi connectivity index (χ4v) is 2.03. The standard InChI is InChI=1S/C16H15N3O3/c20-9-16(5-6-16)10-22-15-17-7-13(8-18-15)12-1-3-14(4-2-12)19-11-21/h1-4,7-9,11H,5-6,10H2,(H,19,21). The summed E-state index contributed by atoms with van der Waals surface area (Å²) < 4.78 is 5.46. The van der Waals surface area contributed by atoms with E-state index in [9.17, 15) is 9.59 Å². The van der Waals surface area contributed by atoms with E-state index in [4.69, 9.17) is 4.74 Å². The van der Waals surface area contributed by atoms with Gasteiger partial charge < -0.3 is 14.8 Å². The molecule has 0 saturated heterocycles. The highest BCUT2D eigenvalue weighted by Gasteiger charge is 2.43. The van der Waals surface area contributed by atoms with Gasteiger partial charge in [-0.25, -0.2) is 9.97 Å². The van der Waals surface area contributed by atoms with Crippen LogP contribution in [0.3, 0.4) is 0 Å². The Labute approximate surface area is 127 Å². The van der Waals surface area contributed by atoms with Crippen LogP contribution in [0.4, 0.5) is 5.69 Å². The number of nitrogens with zero attached hydrogens (tertiary/aromatic N) is 2. The molecule has 112 valence electrons. The second-order valence-corrected chi connectivity index (χ2v) is 5.36. The third kappa shape index (κ3) is 3.11. The maximum atomic E-state index is 10.9. The van der Waals surface area contributed by atoms with Gasteiger partial charge in [-0.3, -0.25) is 4.79 Å². The lowest BCUT2D eigenvalue weighted by molar-refractivity contribution is -0.113. The van der Waals surface area contributed by atoms with Gasteiger partial charge in [-0.1, -0.05) is 12.1 Å². The Balaban J connectivity index is 1.65. The molecule has 1 N–H and O–H groups in total. The molecule has 3 rings (SSSR count). The van der Waals surface area contributed by atoms with E-state index >= 15 is 0 Å². The molecule has 0 bridgehead atoms. The SMILES string of the molecule is O=CNc1ccc(-c2cnc(OCC3(C=O)CC3)nc2)cc1. The molecule has 1 saturated carbocycles. The molecule has 1 aliphatic rings. The zero-order valence-electron chi connectivity index (χ0n) is 11.9. The van der Waals surface area contributed by atoms with Gasteiger partial charge in [0.2, 0.25) is 6.41 Å². The third-order valence-electron chi connectivity index (χ3n) is 3.70. The first-order chi connectivity index (χ1) is 10.7. The maximum Gasteiger partial charge on any atom is 0.316 e. The Morgan fingerprint density at radius 1 is 1.09 bits per heavy atom. The number of nitrogens with one attached hydrogen (secondary N) is 1. The molecule has 2 aromatic rings. The smallest absolute Gasteiger partial charge is 0.316 e. The van der Waals surface area contributed by atoms with Gasteiger partial charge in [0.05, 0.1) is 5.41 Å². The Morgan fingerprint density at radius 3 is 2.32 bits per heavy atom. The van der Waals surface area contributed by atoms with Crippen LogP contribution in [0.5, 0.6) is 6.01 Å². The molecule has 0 radical (unpaired) electrons. The van der Waals surface area contributed by atoms with Crippen LogP contribution >= 0.6 is 0 Å². The molecule has 6 nitrogen and oxygen atoms in total. The summed E-state index contributed by atoms with van der Waals surface area (Å²) in [6.07, 6.45) is 6.67. The number of carbonyl (C=O) groups excluding carboxylic acids is 2. The van der Waals surface area contributed by atoms with E-state index in [0.717, 1.165) is 35.9 Å². The van der Waals surface area contributed by atoms with Crippen LogP contribution in [0.1, 0.15) is 12.8 Å². The van der Waals surface area contributed by atoms with E-state index in [2.05, 4.69) is 15.3 Å². The molecule has 1 heterocycles. The minimum atomic E-state index is -0.316. The normalized spacial score (nSPS) is 14.9. The number of benzene rings is 1. The zero-order chi connectivity index (χ0) is 15.4. The molecule has 1 aromatic heterocycles. The van der Waals surface area contributed by atoms with Crippen LogP contribution in [-0.4, -0.2) is 29.3 Å². The Hall–Kier alpha value is -2.76. The van der Waals surface area contributed by atoms with Crippen molar-refractivity contribution < 1.29 is 14.3 Å². The number of amides is 1. The summed E-state index contributed by atoms with van der Waals surface area (Å²) in [7, 11) is 0. The summed E-state index contributed by atoms with van der Waals surface area (Å²) in [5.74, 6) is 0. The molecule has 0 unspecified atom stereocenters. The number of hydrogen-bond donors (Lipinski definition) is 1. The summed E-state index contributed by atoms with van der Waals surface area (Å²) in [5, 5.41) is 2.58. The lowest BCUT2D eigenvalue weighted by atomic mass is 10.1. The number of hydrogen-bond acceptors (Lipinski definition) is 5. The molecule has 1 amide bonds. The van der Waals surface area contributed by atoms with Gasteiger partial charge in [0.1, 0.15) is 12.9 Å². The lowest BCUT2D eigenvalue weighted by Crippen LogP contribution is -2.15. The Kier molecular flexibility index (Phi) is 3.82. The molecule has 0 aliphatic heterocycles. The summed E-state index contributed by atoms with van der Waals surface area (Å²) >= 11 is 0. The first-order valence-electron chi connectivity index (χ1n) is 6.96. The van der Waals surface area contributed by atoms with Crippen molar-refractivity contribution in [3.63, 3.8) is 0 Å². The number of aldehydes is 1. The number of ether oxygens (including phenoxy) is 1. The topological polar surface area (TPSA) is 81.2 Å². The summed E-state index contributed by atoms with van der Waals surface area (Å²) in [6, 6.07) is 7.62. The predicted octanol–water partition coefficient (Wildman–Crippen LogP) is 2.07. The number of anilines is 1. The Morgan fingerprint density at radius 2 is 1.77 bits per heavy atom. The van der Waals surface area contributed by atoms with Crippen LogP contribution in [-0.2, 0) is 9.59 Å². The molecule has 1 fully saturated rings. The van der Waals surface area contributed by atoms with Crippen molar-refractivity contribution in [1.29, 1.82) is 0 Å². The van der Waals surface area contributed by atoms with Crippen LogP contribution in [0.2, 0.25) is 0 Å². The van der Waals surface area contributed by atoms with Crippen molar-refractivity contribution >= 4 is 18.4 Å². The van der Waals surface area contributed by atoms with E-state index in [-0.39, 0.29) is 11.4 Å². The average molecular weight is 297 g/mol. The highest BCUT2D eigenvalue weighted by Crippen LogP contribution is 2.43. The second-order valence-electron chi connectivity index (χ2n) is 5.36. The second kappa shape index (κ2) is 5.93. The van der Waals surface area contributed by atoms with Gasteiger partial charge in [-0.15, -0.1) is 0 Å². The van der Waals surface area contributed by atoms with Crippen molar-refractivity contribution in [2.45, 2.75) is 12.8 Å². The fraction of sp³-hybridized carbons (Fsp3) is 0.250. The minimum absolute atomic E-state index is 0.274. The summed E-state index contributed by atoms with van der Waals surface area (Å²) in [6.45, 7) is 0.335. The largest absolute Gasteiger partial charge is 0.462 e. The molecule has 0 atom stereocenters. The van der Waals surface area contributed by atoms with Crippen LogP contribution < -0.4 is 10.1 Å². The quantitative estimate of drug-likeness (QED) is 0.791. The highest BCUT2D eigenvalue weighted by molar-refractivity contribution is 5.73. The van der Waals surface area contributed by atoms with E-state index in [1.54, 1.807) is 24.5 Å². The van der Waals surface area contributed by atoms with E-state index in [1.807, 2.05) is 12.1 Å². The zero-order valence-corrected chi connectivity index (χ0v) is 11.9. The molecular weight excluding hydrogens is 282 g/mol. The van der Waals surface area contributed by atoms with E-state index < -0.39 is 0 Å². The molecule has 1 aromatic carbocycles. The van der Waals surface area contributed by atoms with E-state index in [1.165, 1.54) is 0 Å². The van der Waals surface area contributed by atoms with E-state index in [0.29, 0.717) is 13.0 Å². The van der Waals surface area contributed by atoms with Crippen molar-refractivity contribution in [1.82, 2.24) is 9.97 Å². The number of rotatable bonds is 7. The van der Waals surface area contributed by atoms with Crippen molar-refractivity contribution in [2.24, 2.45) is 5.41 Å². The first-order valence-corrected chi connectivity index (χ1v) is 6.96. The molecular formula is C16H15N3O3. The summed E-state index contributed by atoms with van der Waals surface area (Å²) in [4.78, 5) is 29.5. The van der Waals surface area contributed by atoms with Gasteiger partial charge in [0.15, 0.2) is 0 Å². The van der Waals surface area contributed by atoms with Crippen LogP contribution in [0, 0.1) is 5.41 Å². The molecule has 1 aliphatic carbocycles. The molecule has 6 heteroatoms. The summed E-state index contributed by atoms with van der Waals surface area (Å²) in [5.41, 5.74) is 2.20. The maximum absolute atomic E-state index is 10.9. The fourth-order valence-electron chi connectivity index (χ4n) is 2.03. The van der Waals surface area contributed by atoms with Crippen LogP contribution in [0.15, 0.2) is 36.7 Å². The number of carbonyl (C=O) groups is 2. The first kappa shape index (κ1) is 14.2. The molecule has 0 spiro atoms. The van der Waals surface area contributed by atoms with Gasteiger partial charge in [0, 0.05) is 23.6 Å². The van der Waals surface area contributed by atoms with Crippen LogP contribution in [0.25, 0.3) is 11.1 Å². The van der Waals surface area contributed by atoms with Gasteiger partial charge in [-0.05, 0) is 30.5 Å². The van der Waals surface area contributed by atoms with Crippen molar-refractivity contribution in [3.8, 4) is 17.1 Å². The van der Waals surface area contributed by atoms with Gasteiger partial charge in [-0.2, -0.15) is 0 Å². The number of aromatic nitrogens is 2. The predicted molar refractivity (Wildman–Crippen MR) is 80.4 cm³/mol. The van der Waals surface area contributed by atoms with Gasteiger partial charge >= 0.3 is 6.01 Å². The monoisotopic (exact) mass is 297 g/mol. The average Bonchev–Trinajstić information content (AvgIpc) is 3.35. The molecule has 22 heavy (non-hydrogen) atoms. The lowest BCUT2D eigenvalue weighted by Gasteiger charge is -2.08. The third-order valence-corrected chi connectivity index (χ3v) is 3.70. The minimum Gasteiger partial charge on any atom is -0.462 e.